The Morgan fingerprint density at radius 2 is 1.79 bits per heavy atom. The predicted molar refractivity (Wildman–Crippen MR) is 123 cm³/mol. The number of benzene rings is 2. The molecule has 5 rings (SSSR count). The Labute approximate surface area is 196 Å². The number of ketones is 1. The molecular weight excluding hydrogens is 446 g/mol. The van der Waals surface area contributed by atoms with E-state index in [0.717, 1.165) is 25.9 Å². The second kappa shape index (κ2) is 8.33. The van der Waals surface area contributed by atoms with Crippen molar-refractivity contribution in [3.8, 4) is 5.75 Å². The number of nitro groups is 1. The predicted octanol–water partition coefficient (Wildman–Crippen LogP) is 4.49. The van der Waals surface area contributed by atoms with Crippen LogP contribution >= 0.6 is 11.6 Å². The number of carbonyl (C=O) groups is 2. The number of halogens is 1. The maximum atomic E-state index is 13.1. The molecular formula is C24H24ClN3O5. The number of fused-ring (bicyclic) bond motifs is 1. The first kappa shape index (κ1) is 21.7. The molecule has 33 heavy (non-hydrogen) atoms. The summed E-state index contributed by atoms with van der Waals surface area (Å²) in [5.74, 6) is 0.283. The standard InChI is InChI=1S/C24H24ClN3O5/c25-17-4-6-22-18(14-17)21(29)15-24(33-22)7-11-27(12-8-24)23(30)16-3-5-19(20(13-16)28(31)32)26-9-1-2-10-26/h3-6,13-14H,1-2,7-12,15H2. The number of piperidine rings is 1. The topological polar surface area (TPSA) is 93.0 Å². The Bertz CT molecular complexity index is 1140. The Morgan fingerprint density at radius 1 is 1.06 bits per heavy atom. The molecule has 0 radical (unpaired) electrons. The number of nitrogens with zero attached hydrogens (tertiary/aromatic N) is 3. The summed E-state index contributed by atoms with van der Waals surface area (Å²) in [7, 11) is 0. The number of carbonyl (C=O) groups excluding carboxylic acids is 2. The zero-order valence-corrected chi connectivity index (χ0v) is 18.8. The van der Waals surface area contributed by atoms with Crippen LogP contribution in [0.2, 0.25) is 5.02 Å². The summed E-state index contributed by atoms with van der Waals surface area (Å²) in [6, 6.07) is 9.80. The van der Waals surface area contributed by atoms with E-state index in [4.69, 9.17) is 16.3 Å². The van der Waals surface area contributed by atoms with Crippen molar-refractivity contribution in [2.45, 2.75) is 37.7 Å². The van der Waals surface area contributed by atoms with Crippen molar-refractivity contribution in [3.63, 3.8) is 0 Å². The van der Waals surface area contributed by atoms with E-state index in [1.807, 2.05) is 4.90 Å². The Balaban J connectivity index is 1.31. The fourth-order valence-electron chi connectivity index (χ4n) is 5.07. The number of amides is 1. The molecule has 0 atom stereocenters. The molecule has 3 aliphatic rings. The summed E-state index contributed by atoms with van der Waals surface area (Å²) in [6.45, 7) is 2.40. The maximum absolute atomic E-state index is 13.1. The fourth-order valence-corrected chi connectivity index (χ4v) is 5.25. The number of nitro benzene ring substituents is 1. The maximum Gasteiger partial charge on any atom is 0.293 e. The lowest BCUT2D eigenvalue weighted by atomic mass is 9.82. The Hall–Kier alpha value is -3.13. The van der Waals surface area contributed by atoms with E-state index < -0.39 is 10.5 Å². The average molecular weight is 470 g/mol. The number of Topliss-reactive ketones (excluding diaryl/α,β-unsaturated/α-hetero) is 1. The second-order valence-electron chi connectivity index (χ2n) is 8.97. The largest absolute Gasteiger partial charge is 0.486 e. The lowest BCUT2D eigenvalue weighted by Gasteiger charge is -2.44. The third-order valence-corrected chi connectivity index (χ3v) is 7.11. The first-order valence-electron chi connectivity index (χ1n) is 11.2. The Morgan fingerprint density at radius 3 is 2.48 bits per heavy atom. The zero-order valence-electron chi connectivity index (χ0n) is 18.1. The highest BCUT2D eigenvalue weighted by molar-refractivity contribution is 6.31. The van der Waals surface area contributed by atoms with E-state index in [1.165, 1.54) is 6.07 Å². The van der Waals surface area contributed by atoms with Gasteiger partial charge in [0, 0.05) is 55.7 Å². The van der Waals surface area contributed by atoms with E-state index in [2.05, 4.69) is 0 Å². The molecule has 1 spiro atoms. The van der Waals surface area contributed by atoms with Gasteiger partial charge in [0.05, 0.1) is 16.9 Å². The van der Waals surface area contributed by atoms with Gasteiger partial charge in [-0.2, -0.15) is 0 Å². The van der Waals surface area contributed by atoms with Crippen LogP contribution in [0.5, 0.6) is 5.75 Å². The summed E-state index contributed by atoms with van der Waals surface area (Å²) < 4.78 is 6.23. The normalized spacial score (nSPS) is 19.4. The molecule has 172 valence electrons. The molecule has 2 aromatic carbocycles. The van der Waals surface area contributed by atoms with Crippen LogP contribution in [0.25, 0.3) is 0 Å². The van der Waals surface area contributed by atoms with Gasteiger partial charge in [0.25, 0.3) is 11.6 Å². The van der Waals surface area contributed by atoms with Crippen LogP contribution in [-0.4, -0.2) is 53.3 Å². The van der Waals surface area contributed by atoms with Gasteiger partial charge in [-0.1, -0.05) is 11.6 Å². The molecule has 0 aliphatic carbocycles. The number of anilines is 1. The van der Waals surface area contributed by atoms with E-state index >= 15 is 0 Å². The number of rotatable bonds is 3. The summed E-state index contributed by atoms with van der Waals surface area (Å²) in [5, 5.41) is 12.2. The minimum Gasteiger partial charge on any atom is -0.486 e. The smallest absolute Gasteiger partial charge is 0.293 e. The second-order valence-corrected chi connectivity index (χ2v) is 9.41. The molecule has 0 N–H and O–H groups in total. The molecule has 8 nitrogen and oxygen atoms in total. The van der Waals surface area contributed by atoms with Crippen LogP contribution in [0, 0.1) is 10.1 Å². The van der Waals surface area contributed by atoms with Gasteiger partial charge >= 0.3 is 0 Å². The van der Waals surface area contributed by atoms with Gasteiger partial charge in [0.2, 0.25) is 0 Å². The molecule has 9 heteroatoms. The molecule has 0 bridgehead atoms. The number of likely N-dealkylation sites (tertiary alicyclic amines) is 1. The zero-order chi connectivity index (χ0) is 23.2. The van der Waals surface area contributed by atoms with Crippen molar-refractivity contribution in [3.05, 3.63) is 62.7 Å². The van der Waals surface area contributed by atoms with Gasteiger partial charge in [-0.3, -0.25) is 19.7 Å². The summed E-state index contributed by atoms with van der Waals surface area (Å²) in [4.78, 5) is 40.8. The summed E-state index contributed by atoms with van der Waals surface area (Å²) in [5.41, 5.74) is 0.700. The van der Waals surface area contributed by atoms with Crippen molar-refractivity contribution in [2.75, 3.05) is 31.1 Å². The van der Waals surface area contributed by atoms with Crippen molar-refractivity contribution >= 4 is 34.7 Å². The summed E-state index contributed by atoms with van der Waals surface area (Å²) in [6.07, 6.45) is 3.30. The van der Waals surface area contributed by atoms with Crippen LogP contribution in [0.3, 0.4) is 0 Å². The van der Waals surface area contributed by atoms with Gasteiger partial charge in [-0.25, -0.2) is 0 Å². The minimum absolute atomic E-state index is 0.00773. The molecule has 0 aromatic heterocycles. The van der Waals surface area contributed by atoms with Gasteiger partial charge in [0.1, 0.15) is 17.0 Å². The lowest BCUT2D eigenvalue weighted by molar-refractivity contribution is -0.384. The molecule has 3 aliphatic heterocycles. The molecule has 3 heterocycles. The fraction of sp³-hybridized carbons (Fsp3) is 0.417. The van der Waals surface area contributed by atoms with Crippen LogP contribution in [0.4, 0.5) is 11.4 Å². The summed E-state index contributed by atoms with van der Waals surface area (Å²) >= 11 is 6.01. The SMILES string of the molecule is O=C1CC2(CCN(C(=O)c3ccc(N4CCCC4)c([N+](=O)[O-])c3)CC2)Oc2ccc(Cl)cc21. The lowest BCUT2D eigenvalue weighted by Crippen LogP contribution is -2.52. The quantitative estimate of drug-likeness (QED) is 0.485. The highest BCUT2D eigenvalue weighted by Crippen LogP contribution is 2.40. The highest BCUT2D eigenvalue weighted by Gasteiger charge is 2.44. The number of ether oxygens (including phenoxy) is 1. The molecule has 2 saturated heterocycles. The molecule has 2 aromatic rings. The highest BCUT2D eigenvalue weighted by atomic mass is 35.5. The van der Waals surface area contributed by atoms with Crippen molar-refractivity contribution in [2.24, 2.45) is 0 Å². The van der Waals surface area contributed by atoms with E-state index in [9.17, 15) is 19.7 Å². The van der Waals surface area contributed by atoms with Crippen LogP contribution in [0.15, 0.2) is 36.4 Å². The van der Waals surface area contributed by atoms with E-state index in [0.29, 0.717) is 53.5 Å². The molecule has 1 amide bonds. The van der Waals surface area contributed by atoms with Crippen LogP contribution in [-0.2, 0) is 0 Å². The molecule has 0 saturated carbocycles. The molecule has 2 fully saturated rings. The third kappa shape index (κ3) is 4.04. The average Bonchev–Trinajstić information content (AvgIpc) is 3.34. The van der Waals surface area contributed by atoms with Gasteiger partial charge < -0.3 is 14.5 Å². The van der Waals surface area contributed by atoms with Crippen LogP contribution in [0.1, 0.15) is 52.8 Å². The first-order chi connectivity index (χ1) is 15.8. The minimum atomic E-state index is -0.639. The van der Waals surface area contributed by atoms with Crippen molar-refractivity contribution in [1.29, 1.82) is 0 Å². The first-order valence-corrected chi connectivity index (χ1v) is 11.6. The number of hydrogen-bond acceptors (Lipinski definition) is 6. The van der Waals surface area contributed by atoms with E-state index in [-0.39, 0.29) is 23.8 Å². The van der Waals surface area contributed by atoms with Crippen molar-refractivity contribution in [1.82, 2.24) is 4.90 Å². The van der Waals surface area contributed by atoms with Crippen LogP contribution < -0.4 is 9.64 Å². The van der Waals surface area contributed by atoms with Gasteiger partial charge in [-0.15, -0.1) is 0 Å². The molecule has 0 unspecified atom stereocenters. The monoisotopic (exact) mass is 469 g/mol. The van der Waals surface area contributed by atoms with Gasteiger partial charge in [-0.05, 0) is 43.2 Å². The van der Waals surface area contributed by atoms with Gasteiger partial charge in [0.15, 0.2) is 5.78 Å². The third-order valence-electron chi connectivity index (χ3n) is 6.88. The number of hydrogen-bond donors (Lipinski definition) is 0. The van der Waals surface area contributed by atoms with E-state index in [1.54, 1.807) is 35.2 Å². The van der Waals surface area contributed by atoms with Crippen molar-refractivity contribution < 1.29 is 19.2 Å². The Kier molecular flexibility index (Phi) is 5.48.